The largest absolute Gasteiger partial charge is 0.466 e. The molecule has 0 spiro atoms. The van der Waals surface area contributed by atoms with Gasteiger partial charge >= 0.3 is 5.97 Å². The van der Waals surface area contributed by atoms with E-state index < -0.39 is 5.60 Å². The number of esters is 1. The standard InChI is InChI=1S/C14H18O3/c1-3-16-13(15)12-10-14(12,17-4-2)11-8-6-5-7-9-11/h5-9,12H,3-4,10H2,1-2H3. The first kappa shape index (κ1) is 12.1. The monoisotopic (exact) mass is 234 g/mol. The quantitative estimate of drug-likeness (QED) is 0.734. The molecule has 0 bridgehead atoms. The number of hydrogen-bond donors (Lipinski definition) is 0. The van der Waals surface area contributed by atoms with Crippen molar-refractivity contribution in [3.8, 4) is 0 Å². The van der Waals surface area contributed by atoms with Crippen molar-refractivity contribution in [2.45, 2.75) is 25.9 Å². The Morgan fingerprint density at radius 2 is 2.00 bits per heavy atom. The molecule has 1 fully saturated rings. The van der Waals surface area contributed by atoms with E-state index in [2.05, 4.69) is 0 Å². The predicted octanol–water partition coefficient (Wildman–Crippen LogP) is 2.50. The first-order valence-electron chi connectivity index (χ1n) is 6.10. The van der Waals surface area contributed by atoms with E-state index in [0.717, 1.165) is 12.0 Å². The van der Waals surface area contributed by atoms with E-state index >= 15 is 0 Å². The normalized spacial score (nSPS) is 26.6. The molecule has 0 heterocycles. The third-order valence-electron chi connectivity index (χ3n) is 3.15. The van der Waals surface area contributed by atoms with Gasteiger partial charge in [-0.05, 0) is 25.8 Å². The van der Waals surface area contributed by atoms with Gasteiger partial charge in [0.05, 0.1) is 12.5 Å². The molecule has 17 heavy (non-hydrogen) atoms. The molecule has 1 aliphatic carbocycles. The van der Waals surface area contributed by atoms with E-state index in [1.165, 1.54) is 0 Å². The lowest BCUT2D eigenvalue weighted by Crippen LogP contribution is -2.20. The van der Waals surface area contributed by atoms with Gasteiger partial charge in [-0.2, -0.15) is 0 Å². The van der Waals surface area contributed by atoms with Gasteiger partial charge in [0.25, 0.3) is 0 Å². The minimum absolute atomic E-state index is 0.148. The molecule has 92 valence electrons. The summed E-state index contributed by atoms with van der Waals surface area (Å²) in [5, 5.41) is 0. The van der Waals surface area contributed by atoms with Crippen molar-refractivity contribution in [2.24, 2.45) is 5.92 Å². The molecule has 0 saturated heterocycles. The fourth-order valence-electron chi connectivity index (χ4n) is 2.30. The summed E-state index contributed by atoms with van der Waals surface area (Å²) in [4.78, 5) is 11.8. The van der Waals surface area contributed by atoms with Gasteiger partial charge in [-0.3, -0.25) is 4.79 Å². The second-order valence-electron chi connectivity index (χ2n) is 4.20. The van der Waals surface area contributed by atoms with Crippen molar-refractivity contribution in [3.63, 3.8) is 0 Å². The Bertz CT molecular complexity index is 388. The summed E-state index contributed by atoms with van der Waals surface area (Å²) >= 11 is 0. The van der Waals surface area contributed by atoms with E-state index in [1.807, 2.05) is 44.2 Å². The number of carbonyl (C=O) groups is 1. The van der Waals surface area contributed by atoms with E-state index in [4.69, 9.17) is 9.47 Å². The molecule has 2 unspecified atom stereocenters. The zero-order valence-electron chi connectivity index (χ0n) is 10.3. The number of hydrogen-bond acceptors (Lipinski definition) is 3. The summed E-state index contributed by atoms with van der Waals surface area (Å²) < 4.78 is 10.9. The van der Waals surface area contributed by atoms with Crippen molar-refractivity contribution in [2.75, 3.05) is 13.2 Å². The molecule has 0 amide bonds. The van der Waals surface area contributed by atoms with E-state index in [0.29, 0.717) is 13.2 Å². The van der Waals surface area contributed by atoms with Crippen LogP contribution in [0.2, 0.25) is 0 Å². The molecule has 2 atom stereocenters. The highest BCUT2D eigenvalue weighted by atomic mass is 16.5. The lowest BCUT2D eigenvalue weighted by atomic mass is 10.1. The minimum Gasteiger partial charge on any atom is -0.466 e. The molecular weight excluding hydrogens is 216 g/mol. The second-order valence-corrected chi connectivity index (χ2v) is 4.20. The average molecular weight is 234 g/mol. The second kappa shape index (κ2) is 4.88. The van der Waals surface area contributed by atoms with Gasteiger partial charge in [0.2, 0.25) is 0 Å². The van der Waals surface area contributed by atoms with E-state index in [1.54, 1.807) is 0 Å². The molecule has 3 heteroatoms. The van der Waals surface area contributed by atoms with Crippen LogP contribution in [0.1, 0.15) is 25.8 Å². The van der Waals surface area contributed by atoms with Crippen LogP contribution >= 0.6 is 0 Å². The molecular formula is C14H18O3. The molecule has 1 aromatic carbocycles. The Balaban J connectivity index is 2.18. The van der Waals surface area contributed by atoms with E-state index in [-0.39, 0.29) is 11.9 Å². The molecule has 0 aliphatic heterocycles. The zero-order valence-corrected chi connectivity index (χ0v) is 10.3. The number of benzene rings is 1. The lowest BCUT2D eigenvalue weighted by molar-refractivity contribution is -0.147. The van der Waals surface area contributed by atoms with Gasteiger partial charge in [-0.1, -0.05) is 30.3 Å². The summed E-state index contributed by atoms with van der Waals surface area (Å²) in [5.74, 6) is -0.297. The van der Waals surface area contributed by atoms with Gasteiger partial charge < -0.3 is 9.47 Å². The van der Waals surface area contributed by atoms with Crippen LogP contribution in [0.3, 0.4) is 0 Å². The highest BCUT2D eigenvalue weighted by molar-refractivity contribution is 5.78. The summed E-state index contributed by atoms with van der Waals surface area (Å²) in [6.45, 7) is 4.80. The molecule has 1 aromatic rings. The number of ether oxygens (including phenoxy) is 2. The van der Waals surface area contributed by atoms with Crippen molar-refractivity contribution < 1.29 is 14.3 Å². The van der Waals surface area contributed by atoms with Crippen molar-refractivity contribution >= 4 is 5.97 Å². The number of rotatable bonds is 5. The molecule has 0 radical (unpaired) electrons. The molecule has 3 nitrogen and oxygen atoms in total. The van der Waals surface area contributed by atoms with Crippen LogP contribution in [-0.2, 0) is 19.9 Å². The summed E-state index contributed by atoms with van der Waals surface area (Å²) in [5.41, 5.74) is 0.627. The third-order valence-corrected chi connectivity index (χ3v) is 3.15. The Hall–Kier alpha value is -1.35. The zero-order chi connectivity index (χ0) is 12.3. The molecule has 0 N–H and O–H groups in total. The summed E-state index contributed by atoms with van der Waals surface area (Å²) in [6.07, 6.45) is 0.726. The maximum atomic E-state index is 11.8. The van der Waals surface area contributed by atoms with Crippen LogP contribution in [0.5, 0.6) is 0 Å². The van der Waals surface area contributed by atoms with Crippen molar-refractivity contribution in [3.05, 3.63) is 35.9 Å². The molecule has 2 rings (SSSR count). The van der Waals surface area contributed by atoms with Crippen LogP contribution in [0.4, 0.5) is 0 Å². The molecule has 0 aromatic heterocycles. The third kappa shape index (κ3) is 2.20. The first-order valence-corrected chi connectivity index (χ1v) is 6.10. The SMILES string of the molecule is CCOC(=O)C1CC1(OCC)c1ccccc1. The smallest absolute Gasteiger partial charge is 0.312 e. The maximum Gasteiger partial charge on any atom is 0.312 e. The minimum atomic E-state index is -0.442. The Labute approximate surface area is 102 Å². The fraction of sp³-hybridized carbons (Fsp3) is 0.500. The molecule has 1 aliphatic rings. The summed E-state index contributed by atoms with van der Waals surface area (Å²) in [6, 6.07) is 9.92. The first-order chi connectivity index (χ1) is 8.24. The van der Waals surface area contributed by atoms with Gasteiger partial charge in [0.1, 0.15) is 5.60 Å². The Kier molecular flexibility index (Phi) is 3.48. The summed E-state index contributed by atoms with van der Waals surface area (Å²) in [7, 11) is 0. The Morgan fingerprint density at radius 3 is 2.59 bits per heavy atom. The number of carbonyl (C=O) groups excluding carboxylic acids is 1. The van der Waals surface area contributed by atoms with Crippen LogP contribution in [0.15, 0.2) is 30.3 Å². The van der Waals surface area contributed by atoms with Crippen LogP contribution in [0.25, 0.3) is 0 Å². The highest BCUT2D eigenvalue weighted by Gasteiger charge is 2.61. The van der Waals surface area contributed by atoms with Crippen LogP contribution in [0, 0.1) is 5.92 Å². The van der Waals surface area contributed by atoms with Crippen molar-refractivity contribution in [1.29, 1.82) is 0 Å². The topological polar surface area (TPSA) is 35.5 Å². The molecule has 1 saturated carbocycles. The average Bonchev–Trinajstić information content (AvgIpc) is 3.07. The fourth-order valence-corrected chi connectivity index (χ4v) is 2.30. The van der Waals surface area contributed by atoms with Gasteiger partial charge in [0.15, 0.2) is 0 Å². The lowest BCUT2D eigenvalue weighted by Gasteiger charge is -2.17. The maximum absolute atomic E-state index is 11.8. The highest BCUT2D eigenvalue weighted by Crippen LogP contribution is 2.55. The van der Waals surface area contributed by atoms with Crippen LogP contribution < -0.4 is 0 Å². The predicted molar refractivity (Wildman–Crippen MR) is 64.5 cm³/mol. The Morgan fingerprint density at radius 1 is 1.29 bits per heavy atom. The van der Waals surface area contributed by atoms with Gasteiger partial charge in [-0.25, -0.2) is 0 Å². The van der Waals surface area contributed by atoms with Gasteiger partial charge in [0, 0.05) is 6.61 Å². The van der Waals surface area contributed by atoms with Gasteiger partial charge in [-0.15, -0.1) is 0 Å². The van der Waals surface area contributed by atoms with Crippen molar-refractivity contribution in [1.82, 2.24) is 0 Å². The van der Waals surface area contributed by atoms with E-state index in [9.17, 15) is 4.79 Å². The van der Waals surface area contributed by atoms with Crippen LogP contribution in [-0.4, -0.2) is 19.2 Å².